The van der Waals surface area contributed by atoms with Gasteiger partial charge in [-0.15, -0.1) is 0 Å². The lowest BCUT2D eigenvalue weighted by atomic mass is 10.1. The quantitative estimate of drug-likeness (QED) is 0.776. The van der Waals surface area contributed by atoms with Gasteiger partial charge in [0.1, 0.15) is 0 Å². The normalized spacial score (nSPS) is 18.6. The number of amides is 1. The Morgan fingerprint density at radius 3 is 2.69 bits per heavy atom. The first-order valence-electron chi connectivity index (χ1n) is 8.64. The second-order valence-corrected chi connectivity index (χ2v) is 9.15. The summed E-state index contributed by atoms with van der Waals surface area (Å²) in [6.45, 7) is 0.320. The standard InChI is InChI=1S/C17H18ClF3N4O3S/c1-29(27,28)24-7-3-5-12(10-24)23-16(26)14-9-22-25(15(14)17(19,20)21)13-6-2-4-11(18)8-13/h2,4,6,8-9,12H,3,5,7,10H2,1H3,(H,23,26). The summed E-state index contributed by atoms with van der Waals surface area (Å²) >= 11 is 5.85. The summed E-state index contributed by atoms with van der Waals surface area (Å²) in [6.07, 6.45) is -2.01. The molecule has 1 unspecified atom stereocenters. The summed E-state index contributed by atoms with van der Waals surface area (Å²) in [4.78, 5) is 12.6. The molecule has 0 radical (unpaired) electrons. The van der Waals surface area contributed by atoms with Crippen LogP contribution in [0.2, 0.25) is 5.02 Å². The van der Waals surface area contributed by atoms with Crippen molar-refractivity contribution in [2.75, 3.05) is 19.3 Å². The van der Waals surface area contributed by atoms with E-state index in [4.69, 9.17) is 11.6 Å². The minimum Gasteiger partial charge on any atom is -0.348 e. The minimum atomic E-state index is -4.85. The van der Waals surface area contributed by atoms with Crippen molar-refractivity contribution in [1.29, 1.82) is 0 Å². The molecule has 7 nitrogen and oxygen atoms in total. The molecule has 0 saturated carbocycles. The Bertz CT molecular complexity index is 1020. The molecular formula is C17H18ClF3N4O3S. The van der Waals surface area contributed by atoms with Gasteiger partial charge >= 0.3 is 6.18 Å². The van der Waals surface area contributed by atoms with E-state index in [2.05, 4.69) is 10.4 Å². The van der Waals surface area contributed by atoms with Crippen LogP contribution in [-0.4, -0.2) is 53.8 Å². The molecule has 29 heavy (non-hydrogen) atoms. The summed E-state index contributed by atoms with van der Waals surface area (Å²) < 4.78 is 66.4. The third-order valence-electron chi connectivity index (χ3n) is 4.52. The van der Waals surface area contributed by atoms with E-state index < -0.39 is 39.4 Å². The number of benzene rings is 1. The predicted molar refractivity (Wildman–Crippen MR) is 100 cm³/mol. The van der Waals surface area contributed by atoms with Crippen LogP contribution < -0.4 is 5.32 Å². The smallest absolute Gasteiger partial charge is 0.348 e. The van der Waals surface area contributed by atoms with Crippen LogP contribution in [0.25, 0.3) is 5.69 Å². The second kappa shape index (κ2) is 7.96. The lowest BCUT2D eigenvalue weighted by molar-refractivity contribution is -0.143. The Kier molecular flexibility index (Phi) is 5.93. The van der Waals surface area contributed by atoms with E-state index in [1.807, 2.05) is 0 Å². The summed E-state index contributed by atoms with van der Waals surface area (Å²) in [5, 5.41) is 6.46. The number of hydrogen-bond donors (Lipinski definition) is 1. The van der Waals surface area contributed by atoms with Crippen molar-refractivity contribution < 1.29 is 26.4 Å². The molecule has 0 bridgehead atoms. The summed E-state index contributed by atoms with van der Waals surface area (Å²) in [5.41, 5.74) is -1.81. The summed E-state index contributed by atoms with van der Waals surface area (Å²) in [7, 11) is -3.45. The largest absolute Gasteiger partial charge is 0.434 e. The highest BCUT2D eigenvalue weighted by atomic mass is 35.5. The average Bonchev–Trinajstić information content (AvgIpc) is 3.07. The molecule has 1 aliphatic heterocycles. The Balaban J connectivity index is 1.89. The number of piperidine rings is 1. The Hall–Kier alpha value is -2.11. The van der Waals surface area contributed by atoms with Crippen molar-refractivity contribution in [3.8, 4) is 5.69 Å². The number of sulfonamides is 1. The number of aromatic nitrogens is 2. The van der Waals surface area contributed by atoms with Gasteiger partial charge in [-0.3, -0.25) is 4.79 Å². The third kappa shape index (κ3) is 4.90. The molecule has 1 aliphatic rings. The van der Waals surface area contributed by atoms with Crippen molar-refractivity contribution in [1.82, 2.24) is 19.4 Å². The first-order chi connectivity index (χ1) is 13.5. The zero-order valence-electron chi connectivity index (χ0n) is 15.3. The topological polar surface area (TPSA) is 84.3 Å². The van der Waals surface area contributed by atoms with Crippen LogP contribution in [0, 0.1) is 0 Å². The van der Waals surface area contributed by atoms with Crippen molar-refractivity contribution >= 4 is 27.5 Å². The Labute approximate surface area is 170 Å². The molecule has 1 amide bonds. The van der Waals surface area contributed by atoms with Gasteiger partial charge < -0.3 is 5.32 Å². The monoisotopic (exact) mass is 450 g/mol. The number of nitrogens with zero attached hydrogens (tertiary/aromatic N) is 3. The molecule has 158 valence electrons. The molecule has 1 saturated heterocycles. The van der Waals surface area contributed by atoms with Gasteiger partial charge in [0.05, 0.1) is 23.7 Å². The first-order valence-corrected chi connectivity index (χ1v) is 10.9. The predicted octanol–water partition coefficient (Wildman–Crippen LogP) is 2.70. The van der Waals surface area contributed by atoms with Crippen LogP contribution in [0.15, 0.2) is 30.5 Å². The Morgan fingerprint density at radius 1 is 1.34 bits per heavy atom. The van der Waals surface area contributed by atoms with Crippen molar-refractivity contribution in [3.63, 3.8) is 0 Å². The van der Waals surface area contributed by atoms with Gasteiger partial charge in [-0.1, -0.05) is 17.7 Å². The molecule has 0 spiro atoms. The first kappa shape index (κ1) is 21.6. The SMILES string of the molecule is CS(=O)(=O)N1CCCC(NC(=O)c2cnn(-c3cccc(Cl)c3)c2C(F)(F)F)C1. The van der Waals surface area contributed by atoms with Gasteiger partial charge in [0.15, 0.2) is 5.69 Å². The average molecular weight is 451 g/mol. The van der Waals surface area contributed by atoms with Crippen LogP contribution in [0.3, 0.4) is 0 Å². The molecule has 1 N–H and O–H groups in total. The van der Waals surface area contributed by atoms with E-state index in [1.54, 1.807) is 0 Å². The van der Waals surface area contributed by atoms with Crippen LogP contribution >= 0.6 is 11.6 Å². The molecule has 1 atom stereocenters. The number of halogens is 4. The number of alkyl halides is 3. The van der Waals surface area contributed by atoms with E-state index >= 15 is 0 Å². The molecule has 0 aliphatic carbocycles. The number of rotatable bonds is 4. The minimum absolute atomic E-state index is 0.00829. The lowest BCUT2D eigenvalue weighted by Crippen LogP contribution is -2.49. The van der Waals surface area contributed by atoms with Gasteiger partial charge in [0.25, 0.3) is 5.91 Å². The molecule has 12 heteroatoms. The van der Waals surface area contributed by atoms with E-state index in [0.29, 0.717) is 24.1 Å². The van der Waals surface area contributed by atoms with Crippen molar-refractivity contribution in [3.05, 3.63) is 46.7 Å². The van der Waals surface area contributed by atoms with Crippen molar-refractivity contribution in [2.24, 2.45) is 0 Å². The fraction of sp³-hybridized carbons (Fsp3) is 0.412. The highest BCUT2D eigenvalue weighted by Gasteiger charge is 2.41. The van der Waals surface area contributed by atoms with Gasteiger partial charge in [-0.25, -0.2) is 17.4 Å². The third-order valence-corrected chi connectivity index (χ3v) is 6.03. The summed E-state index contributed by atoms with van der Waals surface area (Å²) in [5.74, 6) is -0.967. The molecule has 1 fully saturated rings. The van der Waals surface area contributed by atoms with Gasteiger partial charge in [-0.2, -0.15) is 18.3 Å². The van der Waals surface area contributed by atoms with Crippen LogP contribution in [0.5, 0.6) is 0 Å². The maximum absolute atomic E-state index is 13.7. The second-order valence-electron chi connectivity index (χ2n) is 6.73. The van der Waals surface area contributed by atoms with Crippen LogP contribution in [0.1, 0.15) is 28.9 Å². The zero-order chi connectivity index (χ0) is 21.4. The molecule has 1 aromatic carbocycles. The fourth-order valence-electron chi connectivity index (χ4n) is 3.22. The number of carbonyl (C=O) groups excluding carboxylic acids is 1. The molecule has 1 aromatic heterocycles. The van der Waals surface area contributed by atoms with Crippen molar-refractivity contribution in [2.45, 2.75) is 25.1 Å². The number of carbonyl (C=O) groups is 1. The molecule has 3 rings (SSSR count). The van der Waals surface area contributed by atoms with Crippen LogP contribution in [0.4, 0.5) is 13.2 Å². The number of hydrogen-bond acceptors (Lipinski definition) is 4. The number of nitrogens with one attached hydrogen (secondary N) is 1. The highest BCUT2D eigenvalue weighted by molar-refractivity contribution is 7.88. The molecular weight excluding hydrogens is 433 g/mol. The van der Waals surface area contributed by atoms with Gasteiger partial charge in [0.2, 0.25) is 10.0 Å². The van der Waals surface area contributed by atoms with E-state index in [-0.39, 0.29) is 17.3 Å². The van der Waals surface area contributed by atoms with E-state index in [1.165, 1.54) is 28.6 Å². The van der Waals surface area contributed by atoms with Gasteiger partial charge in [0, 0.05) is 24.2 Å². The van der Waals surface area contributed by atoms with E-state index in [9.17, 15) is 26.4 Å². The maximum atomic E-state index is 13.7. The highest BCUT2D eigenvalue weighted by Crippen LogP contribution is 2.34. The summed E-state index contributed by atoms with van der Waals surface area (Å²) in [6, 6.07) is 5.08. The Morgan fingerprint density at radius 2 is 2.07 bits per heavy atom. The van der Waals surface area contributed by atoms with Gasteiger partial charge in [-0.05, 0) is 31.0 Å². The molecule has 2 aromatic rings. The van der Waals surface area contributed by atoms with E-state index in [0.717, 1.165) is 12.5 Å². The maximum Gasteiger partial charge on any atom is 0.434 e. The zero-order valence-corrected chi connectivity index (χ0v) is 16.9. The fourth-order valence-corrected chi connectivity index (χ4v) is 4.31. The van der Waals surface area contributed by atoms with Crippen LogP contribution in [-0.2, 0) is 16.2 Å². The molecule has 2 heterocycles. The lowest BCUT2D eigenvalue weighted by Gasteiger charge is -2.31.